The summed E-state index contributed by atoms with van der Waals surface area (Å²) in [7, 11) is 0. The summed E-state index contributed by atoms with van der Waals surface area (Å²) in [6.45, 7) is 4.64. The molecule has 0 unspecified atom stereocenters. The van der Waals surface area contributed by atoms with Crippen LogP contribution < -0.4 is 0 Å². The number of esters is 2. The fraction of sp³-hybridized carbons (Fsp3) is 0.750. The molecule has 0 bridgehead atoms. The zero-order chi connectivity index (χ0) is 22.7. The Morgan fingerprint density at radius 1 is 0.733 bits per heavy atom. The van der Waals surface area contributed by atoms with Crippen LogP contribution >= 0.6 is 0 Å². The third kappa shape index (κ3) is 6.08. The average Bonchev–Trinajstić information content (AvgIpc) is 2.65. The first-order chi connectivity index (χ1) is 13.9. The van der Waals surface area contributed by atoms with E-state index in [0.29, 0.717) is 25.0 Å². The zero-order valence-corrected chi connectivity index (χ0v) is 26.2. The fourth-order valence-corrected chi connectivity index (χ4v) is 20.5. The molecule has 4 nitrogen and oxygen atoms in total. The van der Waals surface area contributed by atoms with Crippen molar-refractivity contribution in [1.29, 1.82) is 0 Å². The molecule has 0 heterocycles. The molecule has 170 valence electrons. The second kappa shape index (κ2) is 10.8. The predicted octanol–water partition coefficient (Wildman–Crippen LogP) is 6.06. The molecule has 0 N–H and O–H groups in total. The molecule has 0 saturated heterocycles. The van der Waals surface area contributed by atoms with E-state index < -0.39 is 36.8 Å². The molecule has 2 aliphatic carbocycles. The van der Waals surface area contributed by atoms with E-state index in [-0.39, 0.29) is 11.9 Å². The van der Waals surface area contributed by atoms with Gasteiger partial charge in [0.2, 0.25) is 0 Å². The van der Waals surface area contributed by atoms with Crippen molar-refractivity contribution < 1.29 is 19.1 Å². The van der Waals surface area contributed by atoms with E-state index in [1.165, 1.54) is 7.18 Å². The molecule has 30 heavy (non-hydrogen) atoms. The number of rotatable bonds is 7. The predicted molar refractivity (Wildman–Crippen MR) is 129 cm³/mol. The summed E-state index contributed by atoms with van der Waals surface area (Å²) in [6, 6.07) is 0. The van der Waals surface area contributed by atoms with Crippen molar-refractivity contribution in [2.75, 3.05) is 13.2 Å². The topological polar surface area (TPSA) is 52.6 Å². The van der Waals surface area contributed by atoms with Gasteiger partial charge >= 0.3 is 193 Å². The second-order valence-electron chi connectivity index (χ2n) is 10.7. The van der Waals surface area contributed by atoms with Crippen molar-refractivity contribution in [1.82, 2.24) is 0 Å². The van der Waals surface area contributed by atoms with Gasteiger partial charge in [-0.3, -0.25) is 0 Å². The summed E-state index contributed by atoms with van der Waals surface area (Å²) in [5.74, 6) is 0.638. The molecule has 0 amide bonds. The van der Waals surface area contributed by atoms with Crippen molar-refractivity contribution in [3.63, 3.8) is 0 Å². The quantitative estimate of drug-likeness (QED) is 0.253. The van der Waals surface area contributed by atoms with Crippen LogP contribution in [-0.2, 0) is 19.1 Å². The first-order valence-corrected chi connectivity index (χ1v) is 31.7. The maximum atomic E-state index is 12.9. The van der Waals surface area contributed by atoms with Gasteiger partial charge in [0.1, 0.15) is 0 Å². The van der Waals surface area contributed by atoms with Crippen LogP contribution in [-0.4, -0.2) is 61.9 Å². The van der Waals surface area contributed by atoms with Crippen LogP contribution in [0.15, 0.2) is 18.3 Å². The van der Waals surface area contributed by atoms with Crippen LogP contribution in [0.3, 0.4) is 0 Å². The van der Waals surface area contributed by atoms with E-state index >= 15 is 0 Å². The molecule has 6 heteroatoms. The first kappa shape index (κ1) is 26.3. The number of hydrogen-bond acceptors (Lipinski definition) is 4. The van der Waals surface area contributed by atoms with Gasteiger partial charge in [0.05, 0.1) is 0 Å². The van der Waals surface area contributed by atoms with Gasteiger partial charge in [-0.05, 0) is 0 Å². The average molecular weight is 632 g/mol. The Morgan fingerprint density at radius 3 is 1.33 bits per heavy atom. The van der Waals surface area contributed by atoms with Gasteiger partial charge in [0, 0.05) is 0 Å². The summed E-state index contributed by atoms with van der Waals surface area (Å²) < 4.78 is 14.0. The van der Waals surface area contributed by atoms with E-state index in [1.807, 2.05) is 13.8 Å². The van der Waals surface area contributed by atoms with E-state index in [4.69, 9.17) is 9.47 Å². The van der Waals surface area contributed by atoms with E-state index in [9.17, 15) is 9.59 Å². The molecule has 0 spiro atoms. The number of carbonyl (C=O) groups excluding carboxylic acids is 2. The molecule has 0 aliphatic heterocycles. The van der Waals surface area contributed by atoms with Crippen LogP contribution in [0.2, 0.25) is 29.6 Å². The normalized spacial score (nSPS) is 23.5. The minimum atomic E-state index is -2.59. The van der Waals surface area contributed by atoms with Crippen LogP contribution in [0.25, 0.3) is 0 Å². The molecule has 0 aromatic carbocycles. The van der Waals surface area contributed by atoms with Crippen LogP contribution in [0.4, 0.5) is 0 Å². The summed E-state index contributed by atoms with van der Waals surface area (Å²) in [4.78, 5) is 40.4. The SMILES string of the molecule is CCOC(=O)C1=[C]([Sn]([CH3])([CH3])[CH3])[C@H]([C@@H]2CCCC(C(=O)OCC)=[C]2[Sn]([CH3])([CH3])[CH3])CCC1. The molecular formula is C24H42O4Sn2. The Balaban J connectivity index is 2.65. The van der Waals surface area contributed by atoms with Gasteiger partial charge in [-0.1, -0.05) is 0 Å². The number of ether oxygens (including phenoxy) is 2. The Bertz CT molecular complexity index is 660. The van der Waals surface area contributed by atoms with Gasteiger partial charge in [-0.25, -0.2) is 0 Å². The van der Waals surface area contributed by atoms with E-state index in [0.717, 1.165) is 49.7 Å². The Morgan fingerprint density at radius 2 is 1.07 bits per heavy atom. The summed E-state index contributed by atoms with van der Waals surface area (Å²) in [5, 5.41) is 0. The monoisotopic (exact) mass is 634 g/mol. The standard InChI is InChI=1S/C18H24O4.6CH3.2Sn/c1-3-21-17(19)15-9-5-7-13(11-15)14-8-6-10-16(12-14)18(20)22-4-2;;;;;;;;/h13-14H,3-10H2,1-2H3;6*1H3;;/t13-,14-;;;;;;;;/m1......../s1. The van der Waals surface area contributed by atoms with Gasteiger partial charge < -0.3 is 0 Å². The van der Waals surface area contributed by atoms with Crippen LogP contribution in [0, 0.1) is 11.8 Å². The zero-order valence-electron chi connectivity index (χ0n) is 20.4. The summed E-state index contributed by atoms with van der Waals surface area (Å²) in [5.41, 5.74) is 1.98. The second-order valence-corrected chi connectivity index (χ2v) is 39.5. The molecular weight excluding hydrogens is 590 g/mol. The summed E-state index contributed by atoms with van der Waals surface area (Å²) >= 11 is -5.18. The van der Waals surface area contributed by atoms with Crippen molar-refractivity contribution in [3.05, 3.63) is 18.3 Å². The van der Waals surface area contributed by atoms with E-state index in [2.05, 4.69) is 29.6 Å². The molecule has 0 saturated carbocycles. The van der Waals surface area contributed by atoms with Crippen LogP contribution in [0.5, 0.6) is 0 Å². The Kier molecular flexibility index (Phi) is 9.42. The van der Waals surface area contributed by atoms with Gasteiger partial charge in [-0.15, -0.1) is 0 Å². The summed E-state index contributed by atoms with van der Waals surface area (Å²) in [6.07, 6.45) is 6.07. The van der Waals surface area contributed by atoms with E-state index in [1.54, 1.807) is 0 Å². The third-order valence-corrected chi connectivity index (χ3v) is 19.5. The van der Waals surface area contributed by atoms with Crippen molar-refractivity contribution in [2.24, 2.45) is 11.8 Å². The minimum absolute atomic E-state index is 0.0879. The fourth-order valence-electron chi connectivity index (χ4n) is 5.69. The van der Waals surface area contributed by atoms with Crippen LogP contribution in [0.1, 0.15) is 52.4 Å². The van der Waals surface area contributed by atoms with Gasteiger partial charge in [0.25, 0.3) is 0 Å². The Labute approximate surface area is 192 Å². The molecule has 0 fully saturated rings. The molecule has 0 radical (unpaired) electrons. The molecule has 2 atom stereocenters. The van der Waals surface area contributed by atoms with Crippen molar-refractivity contribution in [2.45, 2.75) is 82.0 Å². The molecule has 0 aromatic heterocycles. The third-order valence-electron chi connectivity index (χ3n) is 6.42. The molecule has 0 aromatic rings. The molecule has 2 rings (SSSR count). The first-order valence-electron chi connectivity index (χ1n) is 11.7. The van der Waals surface area contributed by atoms with Gasteiger partial charge in [0.15, 0.2) is 0 Å². The van der Waals surface area contributed by atoms with Gasteiger partial charge in [-0.2, -0.15) is 0 Å². The van der Waals surface area contributed by atoms with Crippen molar-refractivity contribution in [3.8, 4) is 0 Å². The van der Waals surface area contributed by atoms with Crippen molar-refractivity contribution >= 4 is 48.7 Å². The maximum absolute atomic E-state index is 12.9. The Hall–Kier alpha value is 0.0174. The molecule has 2 aliphatic rings. The number of allylic oxidation sites excluding steroid dienone is 2. The number of hydrogen-bond donors (Lipinski definition) is 0. The number of carbonyl (C=O) groups is 2.